The van der Waals surface area contributed by atoms with Gasteiger partial charge in [0.25, 0.3) is 0 Å². The van der Waals surface area contributed by atoms with Crippen molar-refractivity contribution in [2.24, 2.45) is 5.92 Å². The van der Waals surface area contributed by atoms with Crippen molar-refractivity contribution >= 4 is 15.9 Å². The molecule has 7 heteroatoms. The summed E-state index contributed by atoms with van der Waals surface area (Å²) in [6, 6.07) is 3.62. The Kier molecular flexibility index (Phi) is 6.09. The molecule has 0 atom stereocenters. The number of carbonyl (C=O) groups is 1. The fourth-order valence-corrected chi connectivity index (χ4v) is 2.56. The number of hydrogen-bond acceptors (Lipinski definition) is 4. The van der Waals surface area contributed by atoms with E-state index in [2.05, 4.69) is 10.3 Å². The van der Waals surface area contributed by atoms with Crippen LogP contribution in [0.25, 0.3) is 0 Å². The van der Waals surface area contributed by atoms with Crippen molar-refractivity contribution in [2.45, 2.75) is 20.4 Å². The summed E-state index contributed by atoms with van der Waals surface area (Å²) in [6.07, 6.45) is 4.42. The Hall–Kier alpha value is -1.47. The number of sulfonamides is 1. The average molecular weight is 299 g/mol. The van der Waals surface area contributed by atoms with Gasteiger partial charge in [-0.25, -0.2) is 8.42 Å². The third kappa shape index (κ3) is 6.12. The van der Waals surface area contributed by atoms with Crippen LogP contribution in [-0.4, -0.2) is 43.0 Å². The number of nitrogens with zero attached hydrogens (tertiary/aromatic N) is 2. The summed E-state index contributed by atoms with van der Waals surface area (Å²) in [7, 11) is -3.38. The second kappa shape index (κ2) is 7.35. The smallest absolute Gasteiger partial charge is 0.235 e. The van der Waals surface area contributed by atoms with E-state index in [4.69, 9.17) is 0 Å². The lowest BCUT2D eigenvalue weighted by atomic mass is 10.2. The van der Waals surface area contributed by atoms with Crippen LogP contribution in [0.15, 0.2) is 24.5 Å². The van der Waals surface area contributed by atoms with Crippen molar-refractivity contribution in [3.05, 3.63) is 30.1 Å². The molecule has 112 valence electrons. The van der Waals surface area contributed by atoms with Crippen molar-refractivity contribution in [3.8, 4) is 0 Å². The molecule has 1 aromatic heterocycles. The molecule has 0 fully saturated rings. The van der Waals surface area contributed by atoms with Crippen molar-refractivity contribution < 1.29 is 13.2 Å². The predicted molar refractivity (Wildman–Crippen MR) is 77.3 cm³/mol. The Morgan fingerprint density at radius 2 is 2.15 bits per heavy atom. The highest BCUT2D eigenvalue weighted by atomic mass is 32.2. The van der Waals surface area contributed by atoms with Crippen LogP contribution in [0.2, 0.25) is 0 Å². The number of nitrogens with one attached hydrogen (secondary N) is 1. The molecule has 0 saturated heterocycles. The van der Waals surface area contributed by atoms with Crippen LogP contribution in [0.5, 0.6) is 0 Å². The van der Waals surface area contributed by atoms with E-state index in [9.17, 15) is 13.2 Å². The van der Waals surface area contributed by atoms with E-state index in [0.717, 1.165) is 11.8 Å². The van der Waals surface area contributed by atoms with Crippen LogP contribution in [0.3, 0.4) is 0 Å². The summed E-state index contributed by atoms with van der Waals surface area (Å²) >= 11 is 0. The van der Waals surface area contributed by atoms with E-state index < -0.39 is 10.0 Å². The molecule has 0 aromatic carbocycles. The van der Waals surface area contributed by atoms with E-state index in [1.165, 1.54) is 4.31 Å². The zero-order valence-electron chi connectivity index (χ0n) is 12.0. The lowest BCUT2D eigenvalue weighted by Crippen LogP contribution is -2.41. The summed E-state index contributed by atoms with van der Waals surface area (Å²) < 4.78 is 24.4. The van der Waals surface area contributed by atoms with E-state index in [0.29, 0.717) is 13.1 Å². The molecular formula is C13H21N3O3S. The van der Waals surface area contributed by atoms with Crippen LogP contribution < -0.4 is 5.32 Å². The van der Waals surface area contributed by atoms with Crippen LogP contribution in [-0.2, 0) is 21.4 Å². The first-order valence-corrected chi connectivity index (χ1v) is 8.24. The van der Waals surface area contributed by atoms with Gasteiger partial charge in [0.1, 0.15) is 0 Å². The van der Waals surface area contributed by atoms with Crippen molar-refractivity contribution in [3.63, 3.8) is 0 Å². The Morgan fingerprint density at radius 1 is 1.45 bits per heavy atom. The van der Waals surface area contributed by atoms with Crippen molar-refractivity contribution in [2.75, 3.05) is 19.3 Å². The lowest BCUT2D eigenvalue weighted by molar-refractivity contribution is -0.121. The first kappa shape index (κ1) is 16.6. The third-order valence-electron chi connectivity index (χ3n) is 2.57. The average Bonchev–Trinajstić information content (AvgIpc) is 2.35. The molecule has 0 unspecified atom stereocenters. The highest BCUT2D eigenvalue weighted by molar-refractivity contribution is 7.88. The van der Waals surface area contributed by atoms with E-state index >= 15 is 0 Å². The maximum absolute atomic E-state index is 11.8. The number of aromatic nitrogens is 1. The number of hydrogen-bond donors (Lipinski definition) is 1. The molecule has 20 heavy (non-hydrogen) atoms. The minimum Gasteiger partial charge on any atom is -0.351 e. The van der Waals surface area contributed by atoms with Gasteiger partial charge in [-0.3, -0.25) is 9.78 Å². The summed E-state index contributed by atoms with van der Waals surface area (Å²) in [5.41, 5.74) is 0.871. The summed E-state index contributed by atoms with van der Waals surface area (Å²) in [4.78, 5) is 15.8. The highest BCUT2D eigenvalue weighted by Gasteiger charge is 2.20. The molecule has 0 saturated carbocycles. The van der Waals surface area contributed by atoms with Gasteiger partial charge in [0.2, 0.25) is 15.9 Å². The lowest BCUT2D eigenvalue weighted by Gasteiger charge is -2.21. The Morgan fingerprint density at radius 3 is 2.65 bits per heavy atom. The fourth-order valence-electron chi connectivity index (χ4n) is 1.64. The number of carbonyl (C=O) groups excluding carboxylic acids is 1. The minimum atomic E-state index is -3.38. The molecule has 0 bridgehead atoms. The number of rotatable bonds is 7. The van der Waals surface area contributed by atoms with Crippen LogP contribution in [0, 0.1) is 5.92 Å². The SMILES string of the molecule is CC(C)CN(CC(=O)NCc1cccnc1)S(C)(=O)=O. The van der Waals surface area contributed by atoms with Crippen LogP contribution >= 0.6 is 0 Å². The predicted octanol–water partition coefficient (Wildman–Crippen LogP) is 0.615. The molecule has 1 rings (SSSR count). The topological polar surface area (TPSA) is 79.4 Å². The Bertz CT molecular complexity index is 529. The van der Waals surface area contributed by atoms with Crippen LogP contribution in [0.4, 0.5) is 0 Å². The second-order valence-electron chi connectivity index (χ2n) is 5.09. The monoisotopic (exact) mass is 299 g/mol. The fraction of sp³-hybridized carbons (Fsp3) is 0.538. The molecule has 0 radical (unpaired) electrons. The standard InChI is InChI=1S/C13H21N3O3S/c1-11(2)9-16(20(3,18)19)10-13(17)15-8-12-5-4-6-14-7-12/h4-7,11H,8-10H2,1-3H3,(H,15,17). The number of pyridine rings is 1. The maximum Gasteiger partial charge on any atom is 0.235 e. The minimum absolute atomic E-state index is 0.155. The Balaban J connectivity index is 2.54. The zero-order chi connectivity index (χ0) is 15.2. The molecule has 0 aliphatic rings. The Labute approximate surface area is 120 Å². The second-order valence-corrected chi connectivity index (χ2v) is 7.07. The summed E-state index contributed by atoms with van der Waals surface area (Å²) in [5, 5.41) is 2.69. The van der Waals surface area contributed by atoms with Crippen LogP contribution in [0.1, 0.15) is 19.4 Å². The van der Waals surface area contributed by atoms with Gasteiger partial charge < -0.3 is 5.32 Å². The zero-order valence-corrected chi connectivity index (χ0v) is 12.9. The highest BCUT2D eigenvalue weighted by Crippen LogP contribution is 2.04. The molecular weight excluding hydrogens is 278 g/mol. The van der Waals surface area contributed by atoms with Gasteiger partial charge in [0.05, 0.1) is 12.8 Å². The molecule has 1 amide bonds. The largest absolute Gasteiger partial charge is 0.351 e. The first-order valence-electron chi connectivity index (χ1n) is 6.39. The summed E-state index contributed by atoms with van der Waals surface area (Å²) in [5.74, 6) is -0.157. The molecule has 1 aromatic rings. The van der Waals surface area contributed by atoms with Gasteiger partial charge >= 0.3 is 0 Å². The van der Waals surface area contributed by atoms with Gasteiger partial charge in [0.15, 0.2) is 0 Å². The van der Waals surface area contributed by atoms with Gasteiger partial charge in [0, 0.05) is 25.5 Å². The molecule has 1 heterocycles. The summed E-state index contributed by atoms with van der Waals surface area (Å²) in [6.45, 7) is 4.33. The van der Waals surface area contributed by atoms with Crippen molar-refractivity contribution in [1.29, 1.82) is 0 Å². The van der Waals surface area contributed by atoms with Gasteiger partial charge in [-0.1, -0.05) is 19.9 Å². The first-order chi connectivity index (χ1) is 9.29. The maximum atomic E-state index is 11.8. The normalized spacial score (nSPS) is 11.8. The van der Waals surface area contributed by atoms with E-state index in [1.807, 2.05) is 19.9 Å². The van der Waals surface area contributed by atoms with E-state index in [1.54, 1.807) is 18.5 Å². The van der Waals surface area contributed by atoms with Crippen molar-refractivity contribution in [1.82, 2.24) is 14.6 Å². The van der Waals surface area contributed by atoms with Gasteiger partial charge in [-0.15, -0.1) is 0 Å². The van der Waals surface area contributed by atoms with Gasteiger partial charge in [-0.2, -0.15) is 4.31 Å². The number of amides is 1. The van der Waals surface area contributed by atoms with Gasteiger partial charge in [-0.05, 0) is 17.5 Å². The molecule has 6 nitrogen and oxygen atoms in total. The molecule has 0 aliphatic carbocycles. The molecule has 1 N–H and O–H groups in total. The molecule has 0 aliphatic heterocycles. The quantitative estimate of drug-likeness (QED) is 0.800. The molecule has 0 spiro atoms. The van der Waals surface area contributed by atoms with E-state index in [-0.39, 0.29) is 18.4 Å². The third-order valence-corrected chi connectivity index (χ3v) is 3.79.